The van der Waals surface area contributed by atoms with Gasteiger partial charge in [0, 0.05) is 13.0 Å². The SMILES string of the molecule is CC1OC2(CCN(C(=O)OC(C)(C)C)CC2F)c2c1n(CC(=O)Nc1ccc(C(F)(F)F)cc1Cl)c1nc(Br)nn1c2=O. The molecule has 3 aromatic rings. The number of nitrogens with one attached hydrogen (secondary N) is 1. The Hall–Kier alpha value is -3.24. The minimum atomic E-state index is -4.63. The average Bonchev–Trinajstić information content (AvgIpc) is 3.41. The van der Waals surface area contributed by atoms with Gasteiger partial charge in [-0.3, -0.25) is 9.59 Å². The molecule has 2 aliphatic rings. The Labute approximate surface area is 255 Å². The Morgan fingerprint density at radius 2 is 1.98 bits per heavy atom. The van der Waals surface area contributed by atoms with E-state index in [-0.39, 0.29) is 45.4 Å². The molecule has 3 atom stereocenters. The number of hydrogen-bond donors (Lipinski definition) is 1. The van der Waals surface area contributed by atoms with Crippen LogP contribution in [0.25, 0.3) is 5.78 Å². The average molecular weight is 694 g/mol. The number of fused-ring (bicyclic) bond motifs is 3. The molecule has 1 aromatic carbocycles. The standard InChI is InChI=1S/C26H26BrClF4N6O5/c1-12-19-18(25(42-12)7-8-36(10-16(25)29)23(41)43-24(2,3)4)20(40)38-22(34-21(27)35-38)37(19)11-17(39)33-15-6-5-13(9-14(15)28)26(30,31)32/h5-6,9,12,16H,7-8,10-11H2,1-4H3,(H,33,39). The maximum absolute atomic E-state index is 16.1. The van der Waals surface area contributed by atoms with Gasteiger partial charge in [-0.15, -0.1) is 5.10 Å². The maximum atomic E-state index is 16.1. The van der Waals surface area contributed by atoms with Crippen LogP contribution in [0.2, 0.25) is 5.02 Å². The van der Waals surface area contributed by atoms with Crippen LogP contribution in [0.1, 0.15) is 57.0 Å². The number of carbonyl (C=O) groups is 2. The first kappa shape index (κ1) is 31.2. The number of piperidine rings is 1. The van der Waals surface area contributed by atoms with Crippen molar-refractivity contribution in [1.82, 2.24) is 24.1 Å². The molecule has 3 unspecified atom stereocenters. The zero-order chi connectivity index (χ0) is 31.6. The number of carbonyl (C=O) groups excluding carboxylic acids is 2. The second kappa shape index (κ2) is 10.7. The first-order chi connectivity index (χ1) is 19.9. The Morgan fingerprint density at radius 1 is 1.28 bits per heavy atom. The number of halogens is 6. The second-order valence-electron chi connectivity index (χ2n) is 11.3. The lowest BCUT2D eigenvalue weighted by Gasteiger charge is -2.41. The number of benzene rings is 1. The highest BCUT2D eigenvalue weighted by Crippen LogP contribution is 2.49. The van der Waals surface area contributed by atoms with E-state index in [0.29, 0.717) is 6.07 Å². The van der Waals surface area contributed by atoms with Crippen molar-refractivity contribution < 1.29 is 36.6 Å². The van der Waals surface area contributed by atoms with Crippen molar-refractivity contribution in [2.75, 3.05) is 18.4 Å². The molecule has 1 fully saturated rings. The summed E-state index contributed by atoms with van der Waals surface area (Å²) in [6.07, 6.45) is -8.16. The lowest BCUT2D eigenvalue weighted by Crippen LogP contribution is -2.55. The van der Waals surface area contributed by atoms with E-state index in [1.165, 1.54) is 9.47 Å². The van der Waals surface area contributed by atoms with E-state index in [1.807, 2.05) is 0 Å². The van der Waals surface area contributed by atoms with Gasteiger partial charge in [0.2, 0.25) is 16.4 Å². The molecule has 0 bridgehead atoms. The van der Waals surface area contributed by atoms with Crippen LogP contribution in [0.3, 0.4) is 0 Å². The summed E-state index contributed by atoms with van der Waals surface area (Å²) in [7, 11) is 0. The van der Waals surface area contributed by atoms with Gasteiger partial charge in [-0.2, -0.15) is 22.7 Å². The van der Waals surface area contributed by atoms with Gasteiger partial charge in [0.1, 0.15) is 17.7 Å². The van der Waals surface area contributed by atoms with Gasteiger partial charge in [-0.25, -0.2) is 9.18 Å². The number of nitrogens with zero attached hydrogens (tertiary/aromatic N) is 5. The van der Waals surface area contributed by atoms with Crippen molar-refractivity contribution in [3.8, 4) is 0 Å². The number of ether oxygens (including phenoxy) is 2. The smallest absolute Gasteiger partial charge is 0.416 e. The summed E-state index contributed by atoms with van der Waals surface area (Å²) in [6.45, 7) is 5.76. The van der Waals surface area contributed by atoms with Crippen LogP contribution >= 0.6 is 27.5 Å². The van der Waals surface area contributed by atoms with Gasteiger partial charge >= 0.3 is 12.3 Å². The van der Waals surface area contributed by atoms with E-state index >= 15 is 4.39 Å². The summed E-state index contributed by atoms with van der Waals surface area (Å²) in [4.78, 5) is 45.0. The zero-order valence-corrected chi connectivity index (χ0v) is 25.6. The quantitative estimate of drug-likeness (QED) is 0.373. The van der Waals surface area contributed by atoms with E-state index in [2.05, 4.69) is 31.3 Å². The summed E-state index contributed by atoms with van der Waals surface area (Å²) in [5, 5.41) is 6.20. The summed E-state index contributed by atoms with van der Waals surface area (Å²) in [6, 6.07) is 2.49. The first-order valence-electron chi connectivity index (χ1n) is 13.1. The molecular weight excluding hydrogens is 668 g/mol. The third-order valence-electron chi connectivity index (χ3n) is 7.12. The van der Waals surface area contributed by atoms with Crippen LogP contribution in [0.5, 0.6) is 0 Å². The number of aromatic nitrogens is 4. The Balaban J connectivity index is 1.51. The molecule has 17 heteroatoms. The molecule has 4 heterocycles. The van der Waals surface area contributed by atoms with Gasteiger partial charge in [-0.05, 0) is 61.8 Å². The highest BCUT2D eigenvalue weighted by Gasteiger charge is 2.56. The Morgan fingerprint density at radius 3 is 2.58 bits per heavy atom. The van der Waals surface area contributed by atoms with Gasteiger partial charge in [0.15, 0.2) is 6.17 Å². The summed E-state index contributed by atoms with van der Waals surface area (Å²) < 4.78 is 69.0. The third kappa shape index (κ3) is 5.71. The predicted molar refractivity (Wildman–Crippen MR) is 149 cm³/mol. The van der Waals surface area contributed by atoms with E-state index in [9.17, 15) is 27.6 Å². The molecule has 2 aromatic heterocycles. The fourth-order valence-electron chi connectivity index (χ4n) is 5.38. The second-order valence-corrected chi connectivity index (χ2v) is 12.4. The number of rotatable bonds is 3. The molecule has 232 valence electrons. The Bertz CT molecular complexity index is 1690. The lowest BCUT2D eigenvalue weighted by molar-refractivity contribution is -0.146. The number of anilines is 1. The molecule has 11 nitrogen and oxygen atoms in total. The lowest BCUT2D eigenvalue weighted by atomic mass is 9.83. The van der Waals surface area contributed by atoms with Crippen LogP contribution in [0.4, 0.5) is 28.0 Å². The van der Waals surface area contributed by atoms with Crippen molar-refractivity contribution in [3.63, 3.8) is 0 Å². The minimum Gasteiger partial charge on any atom is -0.444 e. The fourth-order valence-corrected chi connectivity index (χ4v) is 5.92. The van der Waals surface area contributed by atoms with Crippen molar-refractivity contribution in [2.24, 2.45) is 0 Å². The summed E-state index contributed by atoms with van der Waals surface area (Å²) in [5.41, 5.74) is -4.21. The van der Waals surface area contributed by atoms with Crippen LogP contribution in [0.15, 0.2) is 27.7 Å². The molecular formula is C26H26BrClF4N6O5. The van der Waals surface area contributed by atoms with Crippen LogP contribution < -0.4 is 10.9 Å². The summed E-state index contributed by atoms with van der Waals surface area (Å²) >= 11 is 9.14. The molecule has 0 saturated carbocycles. The number of alkyl halides is 4. The van der Waals surface area contributed by atoms with Gasteiger partial charge in [0.25, 0.3) is 5.56 Å². The number of hydrogen-bond acceptors (Lipinski definition) is 7. The summed E-state index contributed by atoms with van der Waals surface area (Å²) in [5.74, 6) is -0.781. The van der Waals surface area contributed by atoms with E-state index in [0.717, 1.165) is 16.6 Å². The van der Waals surface area contributed by atoms with Crippen LogP contribution in [0, 0.1) is 0 Å². The van der Waals surface area contributed by atoms with Gasteiger partial charge in [0.05, 0.1) is 40.2 Å². The third-order valence-corrected chi connectivity index (χ3v) is 7.77. The van der Waals surface area contributed by atoms with Gasteiger partial charge in [-0.1, -0.05) is 11.6 Å². The number of amides is 2. The molecule has 1 spiro atoms. The monoisotopic (exact) mass is 692 g/mol. The predicted octanol–water partition coefficient (Wildman–Crippen LogP) is 5.23. The Kier molecular flexibility index (Phi) is 7.79. The molecule has 0 aliphatic carbocycles. The topological polar surface area (TPSA) is 120 Å². The first-order valence-corrected chi connectivity index (χ1v) is 14.2. The molecule has 2 amide bonds. The van der Waals surface area contributed by atoms with Crippen LogP contribution in [-0.2, 0) is 32.6 Å². The maximum Gasteiger partial charge on any atom is 0.416 e. The molecule has 2 aliphatic heterocycles. The highest BCUT2D eigenvalue weighted by atomic mass is 79.9. The van der Waals surface area contributed by atoms with Crippen molar-refractivity contribution in [2.45, 2.75) is 70.3 Å². The molecule has 1 N–H and O–H groups in total. The minimum absolute atomic E-state index is 0.0207. The van der Waals surface area contributed by atoms with E-state index in [4.69, 9.17) is 21.1 Å². The fraction of sp³-hybridized carbons (Fsp3) is 0.500. The molecule has 5 rings (SSSR count). The van der Waals surface area contributed by atoms with Crippen LogP contribution in [-0.4, -0.2) is 60.9 Å². The van der Waals surface area contributed by atoms with Gasteiger partial charge < -0.3 is 24.3 Å². The molecule has 43 heavy (non-hydrogen) atoms. The van der Waals surface area contributed by atoms with Crippen molar-refractivity contribution >= 4 is 51.0 Å². The molecule has 0 radical (unpaired) electrons. The molecule has 1 saturated heterocycles. The van der Waals surface area contributed by atoms with E-state index in [1.54, 1.807) is 27.7 Å². The highest BCUT2D eigenvalue weighted by molar-refractivity contribution is 9.10. The number of likely N-dealkylation sites (tertiary alicyclic amines) is 1. The largest absolute Gasteiger partial charge is 0.444 e. The normalized spacial score (nSPS) is 22.2. The van der Waals surface area contributed by atoms with Crippen molar-refractivity contribution in [3.05, 3.63) is 55.1 Å². The zero-order valence-electron chi connectivity index (χ0n) is 23.3. The van der Waals surface area contributed by atoms with E-state index < -0.39 is 65.9 Å². The van der Waals surface area contributed by atoms with Crippen molar-refractivity contribution in [1.29, 1.82) is 0 Å².